The molecule has 0 radical (unpaired) electrons. The largest absolute Gasteiger partial charge is 0.506 e. The highest BCUT2D eigenvalue weighted by Crippen LogP contribution is 2.35. The lowest BCUT2D eigenvalue weighted by Gasteiger charge is -2.16. The van der Waals surface area contributed by atoms with E-state index in [4.69, 9.17) is 23.2 Å². The predicted molar refractivity (Wildman–Crippen MR) is 109 cm³/mol. The molecule has 3 rings (SSSR count). The summed E-state index contributed by atoms with van der Waals surface area (Å²) in [4.78, 5) is 17.9. The molecule has 0 saturated carbocycles. The van der Waals surface area contributed by atoms with Crippen molar-refractivity contribution in [3.63, 3.8) is 0 Å². The summed E-state index contributed by atoms with van der Waals surface area (Å²) in [5, 5.41) is 37.2. The number of phenols is 1. The molecule has 30 heavy (non-hydrogen) atoms. The van der Waals surface area contributed by atoms with Crippen LogP contribution in [0.2, 0.25) is 10.0 Å². The summed E-state index contributed by atoms with van der Waals surface area (Å²) in [6.45, 7) is 0.0411. The fourth-order valence-electron chi connectivity index (χ4n) is 2.55. The number of nitrogens with zero attached hydrogens (tertiary/aromatic N) is 6. The van der Waals surface area contributed by atoms with Crippen LogP contribution in [0.15, 0.2) is 48.4 Å². The van der Waals surface area contributed by atoms with Crippen LogP contribution >= 0.6 is 23.2 Å². The Morgan fingerprint density at radius 2 is 1.90 bits per heavy atom. The Balaban J connectivity index is 1.83. The number of halogens is 2. The van der Waals surface area contributed by atoms with Crippen LogP contribution in [0.25, 0.3) is 11.4 Å². The number of nitriles is 1. The Labute approximate surface area is 181 Å². The van der Waals surface area contributed by atoms with Gasteiger partial charge in [0, 0.05) is 25.0 Å². The highest BCUT2D eigenvalue weighted by Gasteiger charge is 2.22. The Kier molecular flexibility index (Phi) is 6.20. The molecule has 0 saturated heterocycles. The molecule has 1 amide bonds. The third-order valence-electron chi connectivity index (χ3n) is 4.07. The topological polar surface area (TPSA) is 128 Å². The molecule has 0 aliphatic heterocycles. The second kappa shape index (κ2) is 8.82. The van der Waals surface area contributed by atoms with E-state index in [2.05, 4.69) is 15.3 Å². The van der Waals surface area contributed by atoms with E-state index in [0.717, 1.165) is 5.69 Å². The van der Waals surface area contributed by atoms with Gasteiger partial charge in [-0.1, -0.05) is 28.4 Å². The quantitative estimate of drug-likeness (QED) is 0.351. The van der Waals surface area contributed by atoms with E-state index in [0.29, 0.717) is 5.69 Å². The summed E-state index contributed by atoms with van der Waals surface area (Å²) in [6.07, 6.45) is 4.86. The lowest BCUT2D eigenvalue weighted by Crippen LogP contribution is -2.28. The van der Waals surface area contributed by atoms with Gasteiger partial charge in [-0.15, -0.1) is 5.10 Å². The van der Waals surface area contributed by atoms with E-state index in [1.165, 1.54) is 28.8 Å². The molecule has 152 valence electrons. The van der Waals surface area contributed by atoms with Crippen molar-refractivity contribution in [2.45, 2.75) is 6.54 Å². The third-order valence-corrected chi connectivity index (χ3v) is 4.64. The molecule has 0 spiro atoms. The Morgan fingerprint density at radius 3 is 2.50 bits per heavy atom. The van der Waals surface area contributed by atoms with Crippen molar-refractivity contribution in [1.29, 1.82) is 5.26 Å². The number of aromatic nitrogens is 4. The van der Waals surface area contributed by atoms with Crippen LogP contribution in [0.1, 0.15) is 11.3 Å². The van der Waals surface area contributed by atoms with Gasteiger partial charge in [0.25, 0.3) is 5.91 Å². The zero-order valence-electron chi connectivity index (χ0n) is 15.5. The van der Waals surface area contributed by atoms with Crippen LogP contribution in [0, 0.1) is 11.3 Å². The van der Waals surface area contributed by atoms with Crippen LogP contribution in [-0.4, -0.2) is 48.0 Å². The normalized spacial score (nSPS) is 11.5. The number of phenolic OH excluding ortho intramolecular Hbond substituents is 1. The first-order chi connectivity index (χ1) is 14.3. The Bertz CT molecular complexity index is 1150. The van der Waals surface area contributed by atoms with E-state index in [1.807, 2.05) is 0 Å². The summed E-state index contributed by atoms with van der Waals surface area (Å²) < 4.78 is 1.52. The summed E-state index contributed by atoms with van der Waals surface area (Å²) in [7, 11) is 1.45. The molecule has 0 unspecified atom stereocenters. The van der Waals surface area contributed by atoms with Crippen LogP contribution < -0.4 is 0 Å². The van der Waals surface area contributed by atoms with Gasteiger partial charge in [-0.05, 0) is 24.3 Å². The van der Waals surface area contributed by atoms with E-state index in [1.54, 1.807) is 36.8 Å². The highest BCUT2D eigenvalue weighted by atomic mass is 35.5. The smallest absolute Gasteiger partial charge is 0.268 e. The molecule has 2 aromatic heterocycles. The fourth-order valence-corrected chi connectivity index (χ4v) is 3.04. The molecule has 0 bridgehead atoms. The Morgan fingerprint density at radius 1 is 1.27 bits per heavy atom. The molecule has 0 atom stereocenters. The molecule has 1 aromatic carbocycles. The third kappa shape index (κ3) is 4.35. The number of aliphatic hydroxyl groups excluding tert-OH is 1. The van der Waals surface area contributed by atoms with Crippen molar-refractivity contribution in [2.24, 2.45) is 0 Å². The number of carbonyl (C=O) groups excluding carboxylic acids is 1. The number of pyridine rings is 1. The van der Waals surface area contributed by atoms with Gasteiger partial charge in [-0.25, -0.2) is 4.68 Å². The van der Waals surface area contributed by atoms with Crippen molar-refractivity contribution < 1.29 is 15.0 Å². The average Bonchev–Trinajstić information content (AvgIpc) is 3.21. The van der Waals surface area contributed by atoms with Crippen molar-refractivity contribution in [1.82, 2.24) is 24.9 Å². The predicted octanol–water partition coefficient (Wildman–Crippen LogP) is 3.13. The molecule has 0 aliphatic rings. The fraction of sp³-hybridized carbons (Fsp3) is 0.105. The van der Waals surface area contributed by atoms with E-state index in [9.17, 15) is 20.3 Å². The number of amides is 1. The molecular weight excluding hydrogens is 431 g/mol. The first-order valence-corrected chi connectivity index (χ1v) is 9.16. The first kappa shape index (κ1) is 21.1. The molecule has 2 N–H and O–H groups in total. The van der Waals surface area contributed by atoms with Gasteiger partial charge < -0.3 is 15.1 Å². The molecule has 0 aliphatic carbocycles. The van der Waals surface area contributed by atoms with Gasteiger partial charge in [0.2, 0.25) is 0 Å². The minimum Gasteiger partial charge on any atom is -0.506 e. The van der Waals surface area contributed by atoms with Crippen molar-refractivity contribution in [3.8, 4) is 17.5 Å². The summed E-state index contributed by atoms with van der Waals surface area (Å²) in [5.74, 6) is -1.72. The van der Waals surface area contributed by atoms with Crippen molar-refractivity contribution in [2.75, 3.05) is 7.05 Å². The van der Waals surface area contributed by atoms with Crippen LogP contribution in [-0.2, 0) is 11.3 Å². The number of hydrogen-bond acceptors (Lipinski definition) is 7. The maximum Gasteiger partial charge on any atom is 0.268 e. The summed E-state index contributed by atoms with van der Waals surface area (Å²) in [6, 6.07) is 7.58. The molecule has 3 aromatic rings. The second-order valence-electron chi connectivity index (χ2n) is 6.14. The number of hydrogen-bond donors (Lipinski definition) is 2. The minimum atomic E-state index is -0.742. The molecule has 9 nitrogen and oxygen atoms in total. The maximum absolute atomic E-state index is 12.7. The van der Waals surface area contributed by atoms with Crippen molar-refractivity contribution >= 4 is 34.9 Å². The Hall–Kier alpha value is -3.61. The molecular formula is C19H14Cl2N6O3. The maximum atomic E-state index is 12.7. The second-order valence-corrected chi connectivity index (χ2v) is 6.96. The number of aromatic hydroxyl groups is 1. The van der Waals surface area contributed by atoms with Gasteiger partial charge in [-0.2, -0.15) is 5.26 Å². The van der Waals surface area contributed by atoms with Gasteiger partial charge in [0.15, 0.2) is 11.3 Å². The standard InChI is InChI=1S/C19H14Cl2N6O3/c1-26(9-12-10-27(25-24-12)13-2-4-23-5-3-13)19(30)14(8-22)17(28)11-6-15(20)18(29)16(21)7-11/h2-7,10,28-29H,9H2,1H3/b17-14-. The van der Waals surface area contributed by atoms with E-state index < -0.39 is 17.2 Å². The van der Waals surface area contributed by atoms with Crippen molar-refractivity contribution in [3.05, 3.63) is 69.7 Å². The number of likely N-dealkylation sites (N-methyl/N-ethyl adjacent to an activating group) is 1. The number of rotatable bonds is 5. The van der Waals surface area contributed by atoms with E-state index in [-0.39, 0.29) is 27.9 Å². The molecule has 11 heteroatoms. The zero-order valence-corrected chi connectivity index (χ0v) is 17.0. The monoisotopic (exact) mass is 444 g/mol. The lowest BCUT2D eigenvalue weighted by molar-refractivity contribution is -0.126. The first-order valence-electron chi connectivity index (χ1n) is 8.40. The van der Waals surface area contributed by atoms with Gasteiger partial charge in [0.05, 0.1) is 28.5 Å². The number of carbonyl (C=O) groups is 1. The highest BCUT2D eigenvalue weighted by molar-refractivity contribution is 6.37. The van der Waals surface area contributed by atoms with Crippen LogP contribution in [0.5, 0.6) is 5.75 Å². The minimum absolute atomic E-state index is 0.0183. The molecule has 0 fully saturated rings. The van der Waals surface area contributed by atoms with Gasteiger partial charge in [0.1, 0.15) is 17.5 Å². The van der Waals surface area contributed by atoms with Gasteiger partial charge >= 0.3 is 0 Å². The van der Waals surface area contributed by atoms with Crippen LogP contribution in [0.3, 0.4) is 0 Å². The SMILES string of the molecule is CN(Cc1cn(-c2ccncc2)nn1)C(=O)/C(C#N)=C(\O)c1cc(Cl)c(O)c(Cl)c1. The average molecular weight is 445 g/mol. The van der Waals surface area contributed by atoms with Gasteiger partial charge in [-0.3, -0.25) is 9.78 Å². The zero-order chi connectivity index (χ0) is 21.8. The molecule has 2 heterocycles. The van der Waals surface area contributed by atoms with E-state index >= 15 is 0 Å². The van der Waals surface area contributed by atoms with Crippen LogP contribution in [0.4, 0.5) is 0 Å². The lowest BCUT2D eigenvalue weighted by atomic mass is 10.1. The summed E-state index contributed by atoms with van der Waals surface area (Å²) in [5.41, 5.74) is 0.714. The number of aliphatic hydroxyl groups is 1. The summed E-state index contributed by atoms with van der Waals surface area (Å²) >= 11 is 11.7. The number of benzene rings is 1.